The SMILES string of the molecule is O=C(CCCCCCCCc1ccc2c(c1)OCO2)C1C(=O)CCC(O)C1=O. The van der Waals surface area contributed by atoms with Gasteiger partial charge in [0.1, 0.15) is 12.0 Å². The van der Waals surface area contributed by atoms with Crippen LogP contribution in [0.15, 0.2) is 18.2 Å². The highest BCUT2D eigenvalue weighted by atomic mass is 16.7. The molecule has 1 aromatic carbocycles. The summed E-state index contributed by atoms with van der Waals surface area (Å²) in [5, 5.41) is 9.57. The van der Waals surface area contributed by atoms with Crippen LogP contribution in [-0.2, 0) is 20.8 Å². The normalized spacial score (nSPS) is 21.2. The van der Waals surface area contributed by atoms with E-state index in [0.717, 1.165) is 50.0 Å². The van der Waals surface area contributed by atoms with E-state index in [1.54, 1.807) is 0 Å². The first-order valence-electron chi connectivity index (χ1n) is 10.2. The number of ketones is 3. The summed E-state index contributed by atoms with van der Waals surface area (Å²) in [6.45, 7) is 0.297. The summed E-state index contributed by atoms with van der Waals surface area (Å²) in [7, 11) is 0. The summed E-state index contributed by atoms with van der Waals surface area (Å²) in [6.07, 6.45) is 6.30. The summed E-state index contributed by atoms with van der Waals surface area (Å²) in [6, 6.07) is 6.07. The number of aliphatic hydroxyl groups is 1. The average Bonchev–Trinajstić information content (AvgIpc) is 3.15. The molecule has 0 saturated heterocycles. The molecule has 2 aliphatic rings. The number of ether oxygens (including phenoxy) is 2. The summed E-state index contributed by atoms with van der Waals surface area (Å²) < 4.78 is 10.7. The molecule has 1 N–H and O–H groups in total. The molecule has 0 radical (unpaired) electrons. The zero-order valence-corrected chi connectivity index (χ0v) is 16.2. The fourth-order valence-electron chi connectivity index (χ4n) is 3.83. The Balaban J connectivity index is 1.25. The summed E-state index contributed by atoms with van der Waals surface area (Å²) in [5.41, 5.74) is 1.25. The fourth-order valence-corrected chi connectivity index (χ4v) is 3.83. The second-order valence-corrected chi connectivity index (χ2v) is 7.63. The quantitative estimate of drug-likeness (QED) is 0.489. The number of carbonyl (C=O) groups is 3. The molecule has 2 atom stereocenters. The molecule has 1 saturated carbocycles. The molecule has 6 heteroatoms. The van der Waals surface area contributed by atoms with Gasteiger partial charge in [0.05, 0.1) is 0 Å². The van der Waals surface area contributed by atoms with Crippen molar-refractivity contribution < 1.29 is 29.0 Å². The van der Waals surface area contributed by atoms with Crippen molar-refractivity contribution in [2.75, 3.05) is 6.79 Å². The van der Waals surface area contributed by atoms with Crippen molar-refractivity contribution in [2.45, 2.75) is 70.3 Å². The second-order valence-electron chi connectivity index (χ2n) is 7.63. The Morgan fingerprint density at radius 3 is 2.54 bits per heavy atom. The molecule has 1 fully saturated rings. The standard InChI is InChI=1S/C22H28O6/c23-16(21-17(24)10-11-18(25)22(21)26)8-6-4-2-1-3-5-7-15-9-12-19-20(13-15)28-14-27-19/h9,12-13,18,21,25H,1-8,10-11,14H2. The minimum Gasteiger partial charge on any atom is -0.454 e. The number of hydrogen-bond donors (Lipinski definition) is 1. The summed E-state index contributed by atoms with van der Waals surface area (Å²) in [5.74, 6) is -0.843. The van der Waals surface area contributed by atoms with Gasteiger partial charge in [0.15, 0.2) is 28.8 Å². The van der Waals surface area contributed by atoms with Crippen LogP contribution in [0.2, 0.25) is 0 Å². The van der Waals surface area contributed by atoms with E-state index >= 15 is 0 Å². The van der Waals surface area contributed by atoms with E-state index in [-0.39, 0.29) is 30.8 Å². The van der Waals surface area contributed by atoms with Crippen LogP contribution in [0.5, 0.6) is 11.5 Å². The van der Waals surface area contributed by atoms with Crippen molar-refractivity contribution in [3.8, 4) is 11.5 Å². The van der Waals surface area contributed by atoms with Crippen LogP contribution in [0.4, 0.5) is 0 Å². The predicted octanol–water partition coefficient (Wildman–Crippen LogP) is 3.17. The minimum atomic E-state index is -1.22. The number of unbranched alkanes of at least 4 members (excludes halogenated alkanes) is 5. The number of benzene rings is 1. The minimum absolute atomic E-state index is 0.118. The number of Topliss-reactive ketones (excluding diaryl/α,β-unsaturated/α-hetero) is 3. The first-order chi connectivity index (χ1) is 13.6. The first-order valence-corrected chi connectivity index (χ1v) is 10.2. The molecule has 2 unspecified atom stereocenters. The van der Waals surface area contributed by atoms with Crippen molar-refractivity contribution in [2.24, 2.45) is 5.92 Å². The first kappa shape index (κ1) is 20.5. The van der Waals surface area contributed by atoms with Crippen molar-refractivity contribution in [3.63, 3.8) is 0 Å². The summed E-state index contributed by atoms with van der Waals surface area (Å²) in [4.78, 5) is 35.8. The smallest absolute Gasteiger partial charge is 0.231 e. The van der Waals surface area contributed by atoms with Gasteiger partial charge in [-0.05, 0) is 43.4 Å². The Hall–Kier alpha value is -2.21. The van der Waals surface area contributed by atoms with E-state index in [1.807, 2.05) is 12.1 Å². The number of aliphatic hydroxyl groups excluding tert-OH is 1. The molecule has 1 aromatic rings. The predicted molar refractivity (Wildman–Crippen MR) is 102 cm³/mol. The number of hydrogen-bond acceptors (Lipinski definition) is 6. The molecular weight excluding hydrogens is 360 g/mol. The molecule has 3 rings (SSSR count). The maximum atomic E-state index is 12.2. The lowest BCUT2D eigenvalue weighted by molar-refractivity contribution is -0.147. The summed E-state index contributed by atoms with van der Waals surface area (Å²) >= 11 is 0. The van der Waals surface area contributed by atoms with Crippen molar-refractivity contribution in [3.05, 3.63) is 23.8 Å². The number of carbonyl (C=O) groups excluding carboxylic acids is 3. The zero-order chi connectivity index (χ0) is 19.9. The highest BCUT2D eigenvalue weighted by molar-refractivity contribution is 6.21. The van der Waals surface area contributed by atoms with Gasteiger partial charge >= 0.3 is 0 Å². The lowest BCUT2D eigenvalue weighted by atomic mass is 9.81. The molecular formula is C22H28O6. The van der Waals surface area contributed by atoms with Crippen LogP contribution in [0.25, 0.3) is 0 Å². The molecule has 0 spiro atoms. The Labute approximate surface area is 165 Å². The molecule has 0 amide bonds. The van der Waals surface area contributed by atoms with Gasteiger partial charge in [0.2, 0.25) is 6.79 Å². The average molecular weight is 388 g/mol. The highest BCUT2D eigenvalue weighted by Gasteiger charge is 2.40. The van der Waals surface area contributed by atoms with Crippen LogP contribution in [0.1, 0.15) is 63.4 Å². The van der Waals surface area contributed by atoms with Gasteiger partial charge in [0, 0.05) is 12.8 Å². The molecule has 1 aliphatic carbocycles. The van der Waals surface area contributed by atoms with Gasteiger partial charge in [-0.2, -0.15) is 0 Å². The molecule has 152 valence electrons. The molecule has 1 aliphatic heterocycles. The van der Waals surface area contributed by atoms with Gasteiger partial charge < -0.3 is 14.6 Å². The number of aryl methyl sites for hydroxylation is 1. The van der Waals surface area contributed by atoms with Crippen LogP contribution < -0.4 is 9.47 Å². The molecule has 28 heavy (non-hydrogen) atoms. The Morgan fingerprint density at radius 1 is 1.00 bits per heavy atom. The third-order valence-corrected chi connectivity index (χ3v) is 5.50. The highest BCUT2D eigenvalue weighted by Crippen LogP contribution is 2.32. The van der Waals surface area contributed by atoms with Crippen LogP contribution >= 0.6 is 0 Å². The van der Waals surface area contributed by atoms with Crippen LogP contribution in [0, 0.1) is 5.92 Å². The van der Waals surface area contributed by atoms with Gasteiger partial charge in [-0.25, -0.2) is 0 Å². The van der Waals surface area contributed by atoms with E-state index in [9.17, 15) is 19.5 Å². The third-order valence-electron chi connectivity index (χ3n) is 5.50. The number of fused-ring (bicyclic) bond motifs is 1. The van der Waals surface area contributed by atoms with E-state index in [1.165, 1.54) is 5.56 Å². The Kier molecular flexibility index (Phi) is 7.20. The lowest BCUT2D eigenvalue weighted by Gasteiger charge is -2.22. The van der Waals surface area contributed by atoms with Gasteiger partial charge in [0.25, 0.3) is 0 Å². The Bertz CT molecular complexity index is 726. The Morgan fingerprint density at radius 2 is 1.71 bits per heavy atom. The zero-order valence-electron chi connectivity index (χ0n) is 16.2. The van der Waals surface area contributed by atoms with Gasteiger partial charge in [-0.15, -0.1) is 0 Å². The third kappa shape index (κ3) is 5.19. The lowest BCUT2D eigenvalue weighted by Crippen LogP contribution is -2.43. The molecule has 1 heterocycles. The largest absolute Gasteiger partial charge is 0.454 e. The fraction of sp³-hybridized carbons (Fsp3) is 0.591. The molecule has 0 aromatic heterocycles. The van der Waals surface area contributed by atoms with Gasteiger partial charge in [-0.1, -0.05) is 31.7 Å². The van der Waals surface area contributed by atoms with Crippen LogP contribution in [0.3, 0.4) is 0 Å². The molecule has 0 bridgehead atoms. The van der Waals surface area contributed by atoms with Crippen molar-refractivity contribution >= 4 is 17.3 Å². The second kappa shape index (κ2) is 9.82. The maximum absolute atomic E-state index is 12.2. The van der Waals surface area contributed by atoms with Crippen molar-refractivity contribution in [1.82, 2.24) is 0 Å². The van der Waals surface area contributed by atoms with E-state index < -0.39 is 17.8 Å². The molecule has 6 nitrogen and oxygen atoms in total. The van der Waals surface area contributed by atoms with Gasteiger partial charge in [-0.3, -0.25) is 14.4 Å². The number of rotatable bonds is 10. The van der Waals surface area contributed by atoms with E-state index in [2.05, 4.69) is 6.07 Å². The monoisotopic (exact) mass is 388 g/mol. The van der Waals surface area contributed by atoms with E-state index in [0.29, 0.717) is 13.2 Å². The topological polar surface area (TPSA) is 89.9 Å². The van der Waals surface area contributed by atoms with Crippen molar-refractivity contribution in [1.29, 1.82) is 0 Å². The van der Waals surface area contributed by atoms with Crippen LogP contribution in [-0.4, -0.2) is 35.4 Å². The van der Waals surface area contributed by atoms with E-state index in [4.69, 9.17) is 9.47 Å². The maximum Gasteiger partial charge on any atom is 0.231 e.